The summed E-state index contributed by atoms with van der Waals surface area (Å²) < 4.78 is 1.55. The smallest absolute Gasteiger partial charge is 0.266 e. The molecular weight excluding hydrogens is 466 g/mol. The molecule has 0 unspecified atom stereocenters. The SMILES string of the molecule is Cc1cccc(C(C)C)c1NC(=O)CSc1nc2ccccc2c(=O)n1-c1cccc(Cl)c1C. The van der Waals surface area contributed by atoms with Gasteiger partial charge in [-0.3, -0.25) is 14.2 Å². The Morgan fingerprint density at radius 1 is 1.06 bits per heavy atom. The maximum atomic E-state index is 13.5. The zero-order valence-electron chi connectivity index (χ0n) is 19.6. The molecule has 7 heteroatoms. The normalized spacial score (nSPS) is 11.2. The first-order valence-corrected chi connectivity index (χ1v) is 12.4. The van der Waals surface area contributed by atoms with Crippen LogP contribution in [0.2, 0.25) is 5.02 Å². The van der Waals surface area contributed by atoms with Crippen LogP contribution in [0.1, 0.15) is 36.5 Å². The number of aromatic nitrogens is 2. The largest absolute Gasteiger partial charge is 0.325 e. The highest BCUT2D eigenvalue weighted by molar-refractivity contribution is 7.99. The Balaban J connectivity index is 1.71. The molecule has 0 spiro atoms. The van der Waals surface area contributed by atoms with E-state index in [1.807, 2.05) is 50.2 Å². The second-order valence-electron chi connectivity index (χ2n) is 8.47. The quantitative estimate of drug-likeness (QED) is 0.246. The van der Waals surface area contributed by atoms with Crippen LogP contribution in [0.25, 0.3) is 16.6 Å². The number of carbonyl (C=O) groups excluding carboxylic acids is 1. The highest BCUT2D eigenvalue weighted by Crippen LogP contribution is 2.29. The average Bonchev–Trinajstić information content (AvgIpc) is 2.81. The van der Waals surface area contributed by atoms with Crippen LogP contribution in [0, 0.1) is 13.8 Å². The highest BCUT2D eigenvalue weighted by atomic mass is 35.5. The van der Waals surface area contributed by atoms with E-state index in [0.29, 0.717) is 26.8 Å². The summed E-state index contributed by atoms with van der Waals surface area (Å²) in [7, 11) is 0. The van der Waals surface area contributed by atoms with E-state index in [9.17, 15) is 9.59 Å². The summed E-state index contributed by atoms with van der Waals surface area (Å²) in [5.74, 6) is 0.231. The number of fused-ring (bicyclic) bond motifs is 1. The third-order valence-corrected chi connectivity index (χ3v) is 7.10. The summed E-state index contributed by atoms with van der Waals surface area (Å²) in [6.45, 7) is 8.06. The molecule has 0 fully saturated rings. The third-order valence-electron chi connectivity index (χ3n) is 5.75. The first kappa shape index (κ1) is 24.0. The number of amides is 1. The lowest BCUT2D eigenvalue weighted by Crippen LogP contribution is -2.23. The molecule has 0 aliphatic heterocycles. The van der Waals surface area contributed by atoms with E-state index in [4.69, 9.17) is 16.6 Å². The van der Waals surface area contributed by atoms with Crippen molar-refractivity contribution in [2.75, 3.05) is 11.1 Å². The van der Waals surface area contributed by atoms with E-state index in [2.05, 4.69) is 19.2 Å². The molecule has 1 aromatic heterocycles. The third kappa shape index (κ3) is 4.74. The van der Waals surface area contributed by atoms with Crippen molar-refractivity contribution >= 4 is 45.9 Å². The minimum Gasteiger partial charge on any atom is -0.325 e. The van der Waals surface area contributed by atoms with Gasteiger partial charge < -0.3 is 5.32 Å². The molecule has 1 heterocycles. The monoisotopic (exact) mass is 491 g/mol. The number of nitrogens with one attached hydrogen (secondary N) is 1. The summed E-state index contributed by atoms with van der Waals surface area (Å²) in [5, 5.41) is 4.58. The Hall–Kier alpha value is -3.09. The Labute approximate surface area is 208 Å². The van der Waals surface area contributed by atoms with Gasteiger partial charge in [0.1, 0.15) is 0 Å². The van der Waals surface area contributed by atoms with Gasteiger partial charge in [-0.2, -0.15) is 0 Å². The van der Waals surface area contributed by atoms with Crippen molar-refractivity contribution in [2.24, 2.45) is 0 Å². The Kier molecular flexibility index (Phi) is 7.10. The fourth-order valence-corrected chi connectivity index (χ4v) is 4.88. The first-order chi connectivity index (χ1) is 16.3. The molecule has 0 radical (unpaired) electrons. The van der Waals surface area contributed by atoms with Gasteiger partial charge in [-0.25, -0.2) is 4.98 Å². The maximum absolute atomic E-state index is 13.5. The van der Waals surface area contributed by atoms with Crippen LogP contribution in [0.5, 0.6) is 0 Å². The number of thioether (sulfide) groups is 1. The molecule has 3 aromatic carbocycles. The molecule has 0 aliphatic carbocycles. The van der Waals surface area contributed by atoms with Crippen molar-refractivity contribution < 1.29 is 4.79 Å². The van der Waals surface area contributed by atoms with Gasteiger partial charge in [0.15, 0.2) is 5.16 Å². The van der Waals surface area contributed by atoms with E-state index in [1.54, 1.807) is 28.8 Å². The van der Waals surface area contributed by atoms with Crippen molar-refractivity contribution in [1.82, 2.24) is 9.55 Å². The van der Waals surface area contributed by atoms with Gasteiger partial charge in [-0.05, 0) is 60.7 Å². The Bertz CT molecular complexity index is 1450. The van der Waals surface area contributed by atoms with Gasteiger partial charge in [0, 0.05) is 10.7 Å². The number of aryl methyl sites for hydroxylation is 1. The standard InChI is InChI=1S/C27H26ClN3O2S/c1-16(2)19-11-7-9-17(3)25(19)30-24(32)15-34-27-29-22-13-6-5-10-20(22)26(33)31(27)23-14-8-12-21(28)18(23)4/h5-14,16H,15H2,1-4H3,(H,30,32). The second kappa shape index (κ2) is 10.0. The van der Waals surface area contributed by atoms with Gasteiger partial charge >= 0.3 is 0 Å². The zero-order valence-corrected chi connectivity index (χ0v) is 21.1. The van der Waals surface area contributed by atoms with Crippen molar-refractivity contribution in [2.45, 2.75) is 38.8 Å². The summed E-state index contributed by atoms with van der Waals surface area (Å²) in [6.07, 6.45) is 0. The number of rotatable bonds is 6. The Morgan fingerprint density at radius 2 is 1.79 bits per heavy atom. The summed E-state index contributed by atoms with van der Waals surface area (Å²) in [4.78, 5) is 31.2. The van der Waals surface area contributed by atoms with Gasteiger partial charge in [-0.15, -0.1) is 0 Å². The minimum absolute atomic E-state index is 0.107. The van der Waals surface area contributed by atoms with Gasteiger partial charge in [0.25, 0.3) is 5.56 Å². The van der Waals surface area contributed by atoms with Gasteiger partial charge in [0.2, 0.25) is 5.91 Å². The van der Waals surface area contributed by atoms with Gasteiger partial charge in [0.05, 0.1) is 22.3 Å². The van der Waals surface area contributed by atoms with Crippen LogP contribution < -0.4 is 10.9 Å². The van der Waals surface area contributed by atoms with E-state index in [1.165, 1.54) is 11.8 Å². The molecule has 4 aromatic rings. The van der Waals surface area contributed by atoms with Crippen LogP contribution >= 0.6 is 23.4 Å². The van der Waals surface area contributed by atoms with Crippen LogP contribution in [-0.2, 0) is 4.79 Å². The lowest BCUT2D eigenvalue weighted by Gasteiger charge is -2.17. The van der Waals surface area contributed by atoms with Crippen LogP contribution in [0.4, 0.5) is 5.69 Å². The predicted octanol–water partition coefficient (Wildman–Crippen LogP) is 6.51. The number of nitrogens with zero attached hydrogens (tertiary/aromatic N) is 2. The number of benzene rings is 3. The van der Waals surface area contributed by atoms with Crippen molar-refractivity contribution in [3.8, 4) is 5.69 Å². The molecular formula is C27H26ClN3O2S. The fraction of sp³-hybridized carbons (Fsp3) is 0.222. The highest BCUT2D eigenvalue weighted by Gasteiger charge is 2.18. The van der Waals surface area contributed by atoms with Crippen LogP contribution in [0.15, 0.2) is 70.6 Å². The maximum Gasteiger partial charge on any atom is 0.266 e. The average molecular weight is 492 g/mol. The summed E-state index contributed by atoms with van der Waals surface area (Å²) in [6, 6.07) is 18.7. The van der Waals surface area contributed by atoms with E-state index < -0.39 is 0 Å². The number of anilines is 1. The molecule has 34 heavy (non-hydrogen) atoms. The molecule has 5 nitrogen and oxygen atoms in total. The fourth-order valence-electron chi connectivity index (χ4n) is 3.91. The van der Waals surface area contributed by atoms with Crippen molar-refractivity contribution in [3.05, 3.63) is 92.7 Å². The van der Waals surface area contributed by atoms with Crippen LogP contribution in [-0.4, -0.2) is 21.2 Å². The molecule has 174 valence electrons. The molecule has 4 rings (SSSR count). The Morgan fingerprint density at radius 3 is 2.56 bits per heavy atom. The number of hydrogen-bond donors (Lipinski definition) is 1. The number of hydrogen-bond acceptors (Lipinski definition) is 4. The van der Waals surface area contributed by atoms with Crippen molar-refractivity contribution in [3.63, 3.8) is 0 Å². The van der Waals surface area contributed by atoms with E-state index in [-0.39, 0.29) is 23.1 Å². The summed E-state index contributed by atoms with van der Waals surface area (Å²) in [5.41, 5.74) is 4.77. The number of carbonyl (C=O) groups is 1. The van der Waals surface area contributed by atoms with Gasteiger partial charge in [-0.1, -0.05) is 73.6 Å². The topological polar surface area (TPSA) is 64.0 Å². The van der Waals surface area contributed by atoms with E-state index in [0.717, 1.165) is 22.4 Å². The second-order valence-corrected chi connectivity index (χ2v) is 9.82. The lowest BCUT2D eigenvalue weighted by molar-refractivity contribution is -0.113. The molecule has 0 bridgehead atoms. The van der Waals surface area contributed by atoms with Crippen molar-refractivity contribution in [1.29, 1.82) is 0 Å². The minimum atomic E-state index is -0.195. The predicted molar refractivity (Wildman–Crippen MR) is 142 cm³/mol. The molecule has 1 amide bonds. The molecule has 0 atom stereocenters. The molecule has 0 saturated heterocycles. The number of para-hydroxylation sites is 2. The van der Waals surface area contributed by atoms with E-state index >= 15 is 0 Å². The van der Waals surface area contributed by atoms with Crippen LogP contribution in [0.3, 0.4) is 0 Å². The molecule has 1 N–H and O–H groups in total. The first-order valence-electron chi connectivity index (χ1n) is 11.1. The summed E-state index contributed by atoms with van der Waals surface area (Å²) >= 11 is 7.58. The lowest BCUT2D eigenvalue weighted by atomic mass is 9.98. The zero-order chi connectivity index (χ0) is 24.4. The molecule has 0 aliphatic rings. The number of halogens is 1. The molecule has 0 saturated carbocycles.